The Labute approximate surface area is 253 Å². The van der Waals surface area contributed by atoms with Crippen molar-refractivity contribution in [3.8, 4) is 39.1 Å². The number of hydrogen-bond donors (Lipinski definition) is 0. The number of rotatable bonds is 4. The van der Waals surface area contributed by atoms with E-state index in [0.717, 1.165) is 4.47 Å². The highest BCUT2D eigenvalue weighted by atomic mass is 79.9. The van der Waals surface area contributed by atoms with Crippen molar-refractivity contribution in [3.05, 3.63) is 162 Å². The van der Waals surface area contributed by atoms with Gasteiger partial charge in [0.05, 0.1) is 11.0 Å². The van der Waals surface area contributed by atoms with Crippen molar-refractivity contribution in [2.24, 2.45) is 0 Å². The Kier molecular flexibility index (Phi) is 6.01. The van der Waals surface area contributed by atoms with Gasteiger partial charge >= 0.3 is 0 Å². The Morgan fingerprint density at radius 1 is 0.381 bits per heavy atom. The molecular weight excluding hydrogens is 574 g/mol. The predicted octanol–water partition coefficient (Wildman–Crippen LogP) is 11.7. The summed E-state index contributed by atoms with van der Waals surface area (Å²) in [6.45, 7) is 0. The summed E-state index contributed by atoms with van der Waals surface area (Å²) in [6.07, 6.45) is 0. The molecular formula is C40H26BrN. The van der Waals surface area contributed by atoms with E-state index in [1.807, 2.05) is 0 Å². The normalized spacial score (nSPS) is 11.5. The first-order chi connectivity index (χ1) is 20.7. The van der Waals surface area contributed by atoms with E-state index < -0.39 is 0 Å². The first-order valence-corrected chi connectivity index (χ1v) is 15.0. The van der Waals surface area contributed by atoms with E-state index in [4.69, 9.17) is 0 Å². The molecule has 0 aliphatic carbocycles. The number of aromatic nitrogens is 1. The summed E-state index contributed by atoms with van der Waals surface area (Å²) in [5.74, 6) is 0. The number of nitrogens with zero attached hydrogens (tertiary/aromatic N) is 1. The molecule has 0 bridgehead atoms. The van der Waals surface area contributed by atoms with Crippen LogP contribution in [0.25, 0.3) is 71.6 Å². The molecule has 0 radical (unpaired) electrons. The summed E-state index contributed by atoms with van der Waals surface area (Å²) >= 11 is 3.87. The van der Waals surface area contributed by atoms with Gasteiger partial charge in [-0.2, -0.15) is 0 Å². The average Bonchev–Trinajstić information content (AvgIpc) is 3.39. The van der Waals surface area contributed by atoms with Crippen LogP contribution in [-0.4, -0.2) is 4.57 Å². The molecule has 0 amide bonds. The standard InChI is InChI=1S/C40H26BrN/c41-38-22-20-32(31-18-17-29-23-28(15-16-30(29)24-31)27-9-3-1-4-10-27)25-37(38)33-19-21-36-35-13-7-8-14-39(35)42(40(36)26-33)34-11-5-2-6-12-34/h1-26H. The molecule has 0 fully saturated rings. The van der Waals surface area contributed by atoms with E-state index in [1.54, 1.807) is 0 Å². The van der Waals surface area contributed by atoms with Crippen molar-refractivity contribution in [1.82, 2.24) is 4.57 Å². The van der Waals surface area contributed by atoms with Gasteiger partial charge in [-0.05, 0) is 92.7 Å². The second kappa shape index (κ2) is 10.2. The van der Waals surface area contributed by atoms with Gasteiger partial charge in [-0.15, -0.1) is 0 Å². The molecule has 8 rings (SSSR count). The van der Waals surface area contributed by atoms with Gasteiger partial charge in [0.1, 0.15) is 0 Å². The molecule has 0 saturated heterocycles. The van der Waals surface area contributed by atoms with Gasteiger partial charge in [-0.25, -0.2) is 0 Å². The fourth-order valence-corrected chi connectivity index (χ4v) is 6.63. The fourth-order valence-electron chi connectivity index (χ4n) is 6.15. The summed E-state index contributed by atoms with van der Waals surface area (Å²) in [5, 5.41) is 5.01. The zero-order valence-corrected chi connectivity index (χ0v) is 24.4. The van der Waals surface area contributed by atoms with Gasteiger partial charge in [0, 0.05) is 20.9 Å². The lowest BCUT2D eigenvalue weighted by atomic mass is 9.95. The van der Waals surface area contributed by atoms with Crippen LogP contribution in [0.3, 0.4) is 0 Å². The molecule has 1 heterocycles. The Morgan fingerprint density at radius 2 is 0.952 bits per heavy atom. The Hall–Kier alpha value is -4.92. The lowest BCUT2D eigenvalue weighted by molar-refractivity contribution is 1.18. The van der Waals surface area contributed by atoms with Crippen molar-refractivity contribution in [3.63, 3.8) is 0 Å². The van der Waals surface area contributed by atoms with Gasteiger partial charge < -0.3 is 4.57 Å². The van der Waals surface area contributed by atoms with Crippen LogP contribution in [0.5, 0.6) is 0 Å². The maximum absolute atomic E-state index is 3.87. The minimum Gasteiger partial charge on any atom is -0.309 e. The van der Waals surface area contributed by atoms with Gasteiger partial charge in [0.2, 0.25) is 0 Å². The minimum atomic E-state index is 1.08. The van der Waals surface area contributed by atoms with Gasteiger partial charge in [-0.1, -0.05) is 125 Å². The molecule has 8 aromatic rings. The Balaban J connectivity index is 1.24. The number of fused-ring (bicyclic) bond motifs is 4. The van der Waals surface area contributed by atoms with Crippen molar-refractivity contribution < 1.29 is 0 Å². The lowest BCUT2D eigenvalue weighted by Gasteiger charge is -2.12. The van der Waals surface area contributed by atoms with E-state index in [-0.39, 0.29) is 0 Å². The van der Waals surface area contributed by atoms with Crippen LogP contribution in [0.1, 0.15) is 0 Å². The highest BCUT2D eigenvalue weighted by Crippen LogP contribution is 2.38. The van der Waals surface area contributed by atoms with Crippen LogP contribution >= 0.6 is 15.9 Å². The predicted molar refractivity (Wildman–Crippen MR) is 182 cm³/mol. The molecule has 0 aliphatic heterocycles. The number of hydrogen-bond acceptors (Lipinski definition) is 0. The quantitative estimate of drug-likeness (QED) is 0.189. The van der Waals surface area contributed by atoms with E-state index >= 15 is 0 Å². The van der Waals surface area contributed by atoms with Gasteiger partial charge in [0.15, 0.2) is 0 Å². The summed E-state index contributed by atoms with van der Waals surface area (Å²) in [6, 6.07) is 56.9. The second-order valence-electron chi connectivity index (χ2n) is 10.8. The smallest absolute Gasteiger partial charge is 0.0547 e. The number of halogens is 1. The van der Waals surface area contributed by atoms with E-state index in [0.29, 0.717) is 0 Å². The SMILES string of the molecule is Brc1ccc(-c2ccc3cc(-c4ccccc4)ccc3c2)cc1-c1ccc2c3ccccc3n(-c3ccccc3)c2c1. The third kappa shape index (κ3) is 4.24. The molecule has 0 N–H and O–H groups in total. The first kappa shape index (κ1) is 24.8. The molecule has 0 spiro atoms. The van der Waals surface area contributed by atoms with Crippen molar-refractivity contribution >= 4 is 48.5 Å². The summed E-state index contributed by atoms with van der Waals surface area (Å²) in [5.41, 5.74) is 10.8. The second-order valence-corrected chi connectivity index (χ2v) is 11.6. The summed E-state index contributed by atoms with van der Waals surface area (Å²) < 4.78 is 3.46. The number of benzene rings is 7. The van der Waals surface area contributed by atoms with Crippen LogP contribution < -0.4 is 0 Å². The zero-order valence-electron chi connectivity index (χ0n) is 22.8. The highest BCUT2D eigenvalue weighted by molar-refractivity contribution is 9.10. The maximum atomic E-state index is 3.87. The summed E-state index contributed by atoms with van der Waals surface area (Å²) in [7, 11) is 0. The van der Waals surface area contributed by atoms with Crippen LogP contribution in [0.4, 0.5) is 0 Å². The summed E-state index contributed by atoms with van der Waals surface area (Å²) in [4.78, 5) is 0. The zero-order chi connectivity index (χ0) is 28.0. The fraction of sp³-hybridized carbons (Fsp3) is 0. The highest BCUT2D eigenvalue weighted by Gasteiger charge is 2.14. The topological polar surface area (TPSA) is 4.93 Å². The third-order valence-electron chi connectivity index (χ3n) is 8.25. The van der Waals surface area contributed by atoms with E-state index in [1.165, 1.54) is 71.6 Å². The molecule has 2 heteroatoms. The molecule has 0 saturated carbocycles. The lowest BCUT2D eigenvalue weighted by Crippen LogP contribution is -1.93. The number of para-hydroxylation sites is 2. The molecule has 42 heavy (non-hydrogen) atoms. The van der Waals surface area contributed by atoms with Crippen LogP contribution in [0, 0.1) is 0 Å². The van der Waals surface area contributed by atoms with Gasteiger partial charge in [0.25, 0.3) is 0 Å². The van der Waals surface area contributed by atoms with Crippen LogP contribution in [-0.2, 0) is 0 Å². The maximum Gasteiger partial charge on any atom is 0.0547 e. The molecule has 0 unspecified atom stereocenters. The Bertz CT molecular complexity index is 2240. The van der Waals surface area contributed by atoms with Crippen molar-refractivity contribution in [2.75, 3.05) is 0 Å². The Morgan fingerprint density at radius 3 is 1.71 bits per heavy atom. The molecule has 0 atom stereocenters. The molecule has 1 nitrogen and oxygen atoms in total. The van der Waals surface area contributed by atoms with Crippen LogP contribution in [0.15, 0.2) is 162 Å². The molecule has 0 aliphatic rings. The third-order valence-corrected chi connectivity index (χ3v) is 8.94. The van der Waals surface area contributed by atoms with E-state index in [2.05, 4.69) is 178 Å². The van der Waals surface area contributed by atoms with E-state index in [9.17, 15) is 0 Å². The van der Waals surface area contributed by atoms with Crippen molar-refractivity contribution in [1.29, 1.82) is 0 Å². The first-order valence-electron chi connectivity index (χ1n) is 14.2. The monoisotopic (exact) mass is 599 g/mol. The van der Waals surface area contributed by atoms with Crippen LogP contribution in [0.2, 0.25) is 0 Å². The van der Waals surface area contributed by atoms with Crippen molar-refractivity contribution in [2.45, 2.75) is 0 Å². The molecule has 1 aromatic heterocycles. The average molecular weight is 601 g/mol. The minimum absolute atomic E-state index is 1.08. The molecule has 198 valence electrons. The largest absolute Gasteiger partial charge is 0.309 e. The molecule has 7 aromatic carbocycles. The van der Waals surface area contributed by atoms with Gasteiger partial charge in [-0.3, -0.25) is 0 Å².